The molecule has 1 aromatic heterocycles. The van der Waals surface area contributed by atoms with E-state index in [0.717, 1.165) is 12.2 Å². The molecule has 2 heterocycles. The second-order valence-electron chi connectivity index (χ2n) is 5.66. The molecule has 0 radical (unpaired) electrons. The molecule has 5 nitrogen and oxygen atoms in total. The first-order valence-corrected chi connectivity index (χ1v) is 7.82. The van der Waals surface area contributed by atoms with Gasteiger partial charge in [-0.1, -0.05) is 29.8 Å². The molecule has 1 atom stereocenters. The minimum atomic E-state index is -0.113. The lowest BCUT2D eigenvalue weighted by atomic mass is 10.1. The highest BCUT2D eigenvalue weighted by Crippen LogP contribution is 2.28. The van der Waals surface area contributed by atoms with Crippen LogP contribution in [0, 0.1) is 0 Å². The number of carbonyl (C=O) groups excluding carboxylic acids is 1. The number of hydrogen-bond acceptors (Lipinski definition) is 4. The van der Waals surface area contributed by atoms with E-state index in [1.54, 1.807) is 12.1 Å². The molecule has 0 bridgehead atoms. The molecule has 0 saturated carbocycles. The number of fused-ring (bicyclic) bond motifs is 1. The number of benzene rings is 1. The van der Waals surface area contributed by atoms with Gasteiger partial charge in [0.2, 0.25) is 5.91 Å². The van der Waals surface area contributed by atoms with Crippen molar-refractivity contribution in [2.75, 3.05) is 25.5 Å². The number of amides is 1. The summed E-state index contributed by atoms with van der Waals surface area (Å²) in [6, 6.07) is 11.4. The number of halogens is 1. The minimum absolute atomic E-state index is 0.0823. The van der Waals surface area contributed by atoms with Crippen LogP contribution in [0.4, 0.5) is 5.82 Å². The van der Waals surface area contributed by atoms with Gasteiger partial charge in [0.1, 0.15) is 17.7 Å². The standard InChI is InChI=1S/C17H18ClN3O2/c1-21(10-14-8-12-4-2-3-5-15(12)23-14)11-17(22)20-16-7-6-13(18)9-19-16/h2-7,9,14H,8,10-11H2,1H3,(H,19,20,22)/t14-/m0/s1. The zero-order chi connectivity index (χ0) is 16.2. The van der Waals surface area contributed by atoms with Gasteiger partial charge in [0, 0.05) is 19.2 Å². The third-order valence-electron chi connectivity index (χ3n) is 3.64. The summed E-state index contributed by atoms with van der Waals surface area (Å²) in [7, 11) is 1.90. The number of likely N-dealkylation sites (N-methyl/N-ethyl adjacent to an activating group) is 1. The van der Waals surface area contributed by atoms with Gasteiger partial charge in [-0.25, -0.2) is 4.98 Å². The normalized spacial score (nSPS) is 16.0. The van der Waals surface area contributed by atoms with E-state index in [1.807, 2.05) is 30.1 Å². The minimum Gasteiger partial charge on any atom is -0.488 e. The highest BCUT2D eigenvalue weighted by atomic mass is 35.5. The Morgan fingerprint density at radius 1 is 1.39 bits per heavy atom. The largest absolute Gasteiger partial charge is 0.488 e. The molecule has 0 aliphatic carbocycles. The Morgan fingerprint density at radius 3 is 2.96 bits per heavy atom. The van der Waals surface area contributed by atoms with Crippen molar-refractivity contribution in [3.8, 4) is 5.75 Å². The predicted molar refractivity (Wildman–Crippen MR) is 89.9 cm³/mol. The van der Waals surface area contributed by atoms with Gasteiger partial charge in [0.25, 0.3) is 0 Å². The summed E-state index contributed by atoms with van der Waals surface area (Å²) in [5.74, 6) is 1.33. The van der Waals surface area contributed by atoms with Gasteiger partial charge in [0.05, 0.1) is 11.6 Å². The molecule has 3 rings (SSSR count). The first-order valence-electron chi connectivity index (χ1n) is 7.44. The van der Waals surface area contributed by atoms with Crippen LogP contribution in [0.3, 0.4) is 0 Å². The Kier molecular flexibility index (Phi) is 4.79. The maximum Gasteiger partial charge on any atom is 0.239 e. The lowest BCUT2D eigenvalue weighted by Crippen LogP contribution is -2.37. The first kappa shape index (κ1) is 15.8. The van der Waals surface area contributed by atoms with Gasteiger partial charge < -0.3 is 10.1 Å². The van der Waals surface area contributed by atoms with E-state index in [-0.39, 0.29) is 18.6 Å². The van der Waals surface area contributed by atoms with Crippen molar-refractivity contribution in [1.29, 1.82) is 0 Å². The molecule has 23 heavy (non-hydrogen) atoms. The first-order chi connectivity index (χ1) is 11.1. The zero-order valence-electron chi connectivity index (χ0n) is 12.8. The van der Waals surface area contributed by atoms with Crippen LogP contribution in [-0.4, -0.2) is 42.0 Å². The molecular formula is C17H18ClN3O2. The molecule has 120 valence electrons. The molecular weight excluding hydrogens is 314 g/mol. The quantitative estimate of drug-likeness (QED) is 0.915. The van der Waals surface area contributed by atoms with Crippen LogP contribution in [0.5, 0.6) is 5.75 Å². The predicted octanol–water partition coefficient (Wildman–Crippen LogP) is 2.61. The summed E-state index contributed by atoms with van der Waals surface area (Å²) in [5, 5.41) is 3.29. The Bertz CT molecular complexity index is 665. The van der Waals surface area contributed by atoms with Crippen molar-refractivity contribution < 1.29 is 9.53 Å². The summed E-state index contributed by atoms with van der Waals surface area (Å²) in [4.78, 5) is 18.0. The average Bonchev–Trinajstić information content (AvgIpc) is 2.91. The number of ether oxygens (including phenoxy) is 1. The van der Waals surface area contributed by atoms with Gasteiger partial charge in [-0.05, 0) is 30.8 Å². The van der Waals surface area contributed by atoms with Crippen LogP contribution in [0.1, 0.15) is 5.56 Å². The summed E-state index contributed by atoms with van der Waals surface area (Å²) in [5.41, 5.74) is 1.22. The summed E-state index contributed by atoms with van der Waals surface area (Å²) >= 11 is 5.77. The molecule has 6 heteroatoms. The number of para-hydroxylation sites is 1. The highest BCUT2D eigenvalue weighted by Gasteiger charge is 2.24. The second-order valence-corrected chi connectivity index (χ2v) is 6.09. The van der Waals surface area contributed by atoms with E-state index in [4.69, 9.17) is 16.3 Å². The smallest absolute Gasteiger partial charge is 0.239 e. The van der Waals surface area contributed by atoms with Crippen LogP contribution in [0.2, 0.25) is 5.02 Å². The molecule has 0 unspecified atom stereocenters. The number of pyridine rings is 1. The molecule has 0 spiro atoms. The number of anilines is 1. The van der Waals surface area contributed by atoms with Crippen molar-refractivity contribution in [1.82, 2.24) is 9.88 Å². The van der Waals surface area contributed by atoms with E-state index in [9.17, 15) is 4.79 Å². The number of carbonyl (C=O) groups is 1. The van der Waals surface area contributed by atoms with Crippen molar-refractivity contribution in [3.63, 3.8) is 0 Å². The summed E-state index contributed by atoms with van der Waals surface area (Å²) in [6.07, 6.45) is 2.46. The van der Waals surface area contributed by atoms with Gasteiger partial charge in [-0.15, -0.1) is 0 Å². The molecule has 1 aromatic carbocycles. The fourth-order valence-electron chi connectivity index (χ4n) is 2.65. The van der Waals surface area contributed by atoms with E-state index >= 15 is 0 Å². The number of nitrogens with one attached hydrogen (secondary N) is 1. The molecule has 1 N–H and O–H groups in total. The summed E-state index contributed by atoms with van der Waals surface area (Å²) < 4.78 is 5.89. The van der Waals surface area contributed by atoms with Crippen LogP contribution >= 0.6 is 11.6 Å². The second kappa shape index (κ2) is 6.98. The molecule has 1 amide bonds. The lowest BCUT2D eigenvalue weighted by Gasteiger charge is -2.20. The molecule has 0 fully saturated rings. The van der Waals surface area contributed by atoms with E-state index in [0.29, 0.717) is 17.4 Å². The van der Waals surface area contributed by atoms with E-state index in [1.165, 1.54) is 11.8 Å². The molecule has 1 aliphatic heterocycles. The van der Waals surface area contributed by atoms with Crippen LogP contribution in [-0.2, 0) is 11.2 Å². The van der Waals surface area contributed by atoms with Crippen LogP contribution in [0.15, 0.2) is 42.6 Å². The van der Waals surface area contributed by atoms with Crippen molar-refractivity contribution >= 4 is 23.3 Å². The maximum absolute atomic E-state index is 12.0. The van der Waals surface area contributed by atoms with E-state index in [2.05, 4.69) is 16.4 Å². The number of nitrogens with zero attached hydrogens (tertiary/aromatic N) is 2. The number of aromatic nitrogens is 1. The Labute approximate surface area is 140 Å². The number of rotatable bonds is 5. The van der Waals surface area contributed by atoms with Gasteiger partial charge in [-0.2, -0.15) is 0 Å². The third-order valence-corrected chi connectivity index (χ3v) is 3.86. The van der Waals surface area contributed by atoms with Gasteiger partial charge >= 0.3 is 0 Å². The third kappa shape index (κ3) is 4.21. The van der Waals surface area contributed by atoms with Crippen LogP contribution in [0.25, 0.3) is 0 Å². The van der Waals surface area contributed by atoms with Gasteiger partial charge in [0.15, 0.2) is 0 Å². The van der Waals surface area contributed by atoms with Crippen LogP contribution < -0.4 is 10.1 Å². The van der Waals surface area contributed by atoms with Crippen molar-refractivity contribution in [3.05, 3.63) is 53.2 Å². The van der Waals surface area contributed by atoms with Crippen molar-refractivity contribution in [2.24, 2.45) is 0 Å². The topological polar surface area (TPSA) is 54.5 Å². The molecule has 2 aromatic rings. The fourth-order valence-corrected chi connectivity index (χ4v) is 2.76. The average molecular weight is 332 g/mol. The molecule has 0 saturated heterocycles. The van der Waals surface area contributed by atoms with Gasteiger partial charge in [-0.3, -0.25) is 9.69 Å². The molecule has 1 aliphatic rings. The SMILES string of the molecule is CN(CC(=O)Nc1ccc(Cl)cn1)C[C@@H]1Cc2ccccc2O1. The lowest BCUT2D eigenvalue weighted by molar-refractivity contribution is -0.117. The Balaban J connectivity index is 1.47. The fraction of sp³-hybridized carbons (Fsp3) is 0.294. The monoisotopic (exact) mass is 331 g/mol. The summed E-state index contributed by atoms with van der Waals surface area (Å²) in [6.45, 7) is 0.969. The van der Waals surface area contributed by atoms with Crippen molar-refractivity contribution in [2.45, 2.75) is 12.5 Å². The van der Waals surface area contributed by atoms with E-state index < -0.39 is 0 Å². The maximum atomic E-state index is 12.0. The Morgan fingerprint density at radius 2 is 2.22 bits per heavy atom. The number of hydrogen-bond donors (Lipinski definition) is 1. The highest BCUT2D eigenvalue weighted by molar-refractivity contribution is 6.30. The zero-order valence-corrected chi connectivity index (χ0v) is 13.6. The Hall–Kier alpha value is -2.11.